The van der Waals surface area contributed by atoms with E-state index >= 15 is 0 Å². The first-order chi connectivity index (χ1) is 16.3. The number of oxazole rings is 2. The van der Waals surface area contributed by atoms with Gasteiger partial charge in [-0.15, -0.1) is 0 Å². The van der Waals surface area contributed by atoms with E-state index in [1.54, 1.807) is 19.9 Å². The van der Waals surface area contributed by atoms with Gasteiger partial charge in [0.2, 0.25) is 11.8 Å². The van der Waals surface area contributed by atoms with Gasteiger partial charge >= 0.3 is 0 Å². The Morgan fingerprint density at radius 2 is 1.71 bits per heavy atom. The molecule has 2 aromatic heterocycles. The van der Waals surface area contributed by atoms with Crippen molar-refractivity contribution in [3.63, 3.8) is 0 Å². The van der Waals surface area contributed by atoms with Gasteiger partial charge in [0.25, 0.3) is 17.7 Å². The SMILES string of the molecule is C/C=C1\N=C(C)CNC(=O)c2coc(n2)C(N)NC(=O)c2coc(n2)C(CCCCN)NC1=O. The Morgan fingerprint density at radius 1 is 1.03 bits per heavy atom. The fraction of sp³-hybridized carbons (Fsp3) is 0.429. The van der Waals surface area contributed by atoms with E-state index < -0.39 is 29.9 Å². The number of hydrogen-bond donors (Lipinski definition) is 5. The van der Waals surface area contributed by atoms with Crippen LogP contribution in [-0.4, -0.2) is 46.5 Å². The van der Waals surface area contributed by atoms with Crippen LogP contribution in [0.4, 0.5) is 0 Å². The lowest BCUT2D eigenvalue weighted by atomic mass is 10.1. The molecule has 3 rings (SSSR count). The third-order valence-electron chi connectivity index (χ3n) is 4.93. The minimum Gasteiger partial charge on any atom is -0.446 e. The van der Waals surface area contributed by atoms with Gasteiger partial charge in [-0.2, -0.15) is 0 Å². The van der Waals surface area contributed by atoms with Crippen LogP contribution in [0, 0.1) is 0 Å². The van der Waals surface area contributed by atoms with E-state index in [2.05, 4.69) is 30.9 Å². The van der Waals surface area contributed by atoms with Crippen LogP contribution in [0.25, 0.3) is 0 Å². The number of aromatic nitrogens is 2. The summed E-state index contributed by atoms with van der Waals surface area (Å²) in [5.41, 5.74) is 12.1. The van der Waals surface area contributed by atoms with E-state index in [1.807, 2.05) is 0 Å². The van der Waals surface area contributed by atoms with E-state index in [0.717, 1.165) is 12.7 Å². The van der Waals surface area contributed by atoms with E-state index in [0.29, 0.717) is 25.1 Å². The predicted molar refractivity (Wildman–Crippen MR) is 120 cm³/mol. The third kappa shape index (κ3) is 6.14. The molecule has 182 valence electrons. The lowest BCUT2D eigenvalue weighted by molar-refractivity contribution is -0.118. The molecule has 0 aromatic carbocycles. The molecule has 13 heteroatoms. The number of nitrogens with one attached hydrogen (secondary N) is 3. The molecule has 0 saturated heterocycles. The van der Waals surface area contributed by atoms with Gasteiger partial charge in [-0.1, -0.05) is 6.08 Å². The van der Waals surface area contributed by atoms with Crippen LogP contribution >= 0.6 is 0 Å². The second kappa shape index (κ2) is 11.3. The number of carbonyl (C=O) groups excluding carboxylic acids is 3. The van der Waals surface area contributed by atoms with Crippen molar-refractivity contribution in [1.82, 2.24) is 25.9 Å². The van der Waals surface area contributed by atoms with Crippen LogP contribution in [0.3, 0.4) is 0 Å². The van der Waals surface area contributed by atoms with Gasteiger partial charge < -0.3 is 36.3 Å². The monoisotopic (exact) mass is 472 g/mol. The maximum Gasteiger partial charge on any atom is 0.274 e. The van der Waals surface area contributed by atoms with Gasteiger partial charge in [0.05, 0.1) is 6.54 Å². The molecule has 34 heavy (non-hydrogen) atoms. The van der Waals surface area contributed by atoms with Crippen molar-refractivity contribution in [1.29, 1.82) is 0 Å². The van der Waals surface area contributed by atoms with Gasteiger partial charge in [0.1, 0.15) is 24.3 Å². The second-order valence-electron chi connectivity index (χ2n) is 7.61. The average Bonchev–Trinajstić information content (AvgIpc) is 3.50. The van der Waals surface area contributed by atoms with Crippen LogP contribution in [-0.2, 0) is 4.79 Å². The van der Waals surface area contributed by atoms with Crippen LogP contribution in [0.1, 0.15) is 78.1 Å². The maximum absolute atomic E-state index is 12.9. The maximum atomic E-state index is 12.9. The largest absolute Gasteiger partial charge is 0.446 e. The molecule has 0 aliphatic carbocycles. The number of nitrogens with two attached hydrogens (primary N) is 2. The summed E-state index contributed by atoms with van der Waals surface area (Å²) in [7, 11) is 0. The summed E-state index contributed by atoms with van der Waals surface area (Å²) in [5.74, 6) is -1.53. The molecule has 0 saturated carbocycles. The molecule has 2 aromatic rings. The number of aliphatic imine (C=N–C) groups is 1. The van der Waals surface area contributed by atoms with E-state index in [-0.39, 0.29) is 35.4 Å². The molecular formula is C21H28N8O5. The number of nitrogens with zero attached hydrogens (tertiary/aromatic N) is 3. The summed E-state index contributed by atoms with van der Waals surface area (Å²) in [6.07, 6.45) is 4.63. The van der Waals surface area contributed by atoms with Gasteiger partial charge in [-0.25, -0.2) is 9.97 Å². The highest BCUT2D eigenvalue weighted by atomic mass is 16.3. The molecule has 1 aliphatic heterocycles. The summed E-state index contributed by atoms with van der Waals surface area (Å²) >= 11 is 0. The van der Waals surface area contributed by atoms with E-state index in [1.165, 1.54) is 6.26 Å². The number of hydrogen-bond acceptors (Lipinski definition) is 10. The van der Waals surface area contributed by atoms with Crippen molar-refractivity contribution in [2.45, 2.75) is 45.3 Å². The molecule has 4 bridgehead atoms. The summed E-state index contributed by atoms with van der Waals surface area (Å²) in [6, 6.07) is -0.618. The van der Waals surface area contributed by atoms with Gasteiger partial charge in [0, 0.05) is 5.71 Å². The molecule has 2 atom stereocenters. The molecule has 7 N–H and O–H groups in total. The minimum atomic E-state index is -1.13. The summed E-state index contributed by atoms with van der Waals surface area (Å²) in [4.78, 5) is 50.5. The molecule has 3 amide bonds. The average molecular weight is 473 g/mol. The first-order valence-electron chi connectivity index (χ1n) is 10.8. The lowest BCUT2D eigenvalue weighted by Crippen LogP contribution is -2.35. The Bertz CT molecular complexity index is 1100. The smallest absolute Gasteiger partial charge is 0.274 e. The van der Waals surface area contributed by atoms with Gasteiger partial charge in [0.15, 0.2) is 17.6 Å². The van der Waals surface area contributed by atoms with Crippen LogP contribution in [0.15, 0.2) is 38.1 Å². The minimum absolute atomic E-state index is 0.0262. The highest BCUT2D eigenvalue weighted by Gasteiger charge is 2.25. The lowest BCUT2D eigenvalue weighted by Gasteiger charge is -2.16. The molecule has 13 nitrogen and oxygen atoms in total. The van der Waals surface area contributed by atoms with Gasteiger partial charge in [-0.3, -0.25) is 19.4 Å². The van der Waals surface area contributed by atoms with E-state index in [9.17, 15) is 14.4 Å². The first-order valence-corrected chi connectivity index (χ1v) is 10.8. The quantitative estimate of drug-likeness (QED) is 0.309. The molecule has 2 unspecified atom stereocenters. The Kier molecular flexibility index (Phi) is 8.27. The third-order valence-corrected chi connectivity index (χ3v) is 4.93. The molecule has 3 heterocycles. The fourth-order valence-corrected chi connectivity index (χ4v) is 3.14. The summed E-state index contributed by atoms with van der Waals surface area (Å²) < 4.78 is 10.7. The number of rotatable bonds is 4. The van der Waals surface area contributed by atoms with Crippen molar-refractivity contribution in [2.24, 2.45) is 16.5 Å². The first kappa shape index (κ1) is 24.8. The Hall–Kier alpha value is -3.84. The van der Waals surface area contributed by atoms with Crippen molar-refractivity contribution >= 4 is 23.4 Å². The topological polar surface area (TPSA) is 204 Å². The zero-order chi connectivity index (χ0) is 24.7. The standard InChI is InChI=1S/C21H28N8O5/c1-3-12-18(31)26-13(6-4-5-7-22)20-27-15(10-33-20)19(32)29-16(23)21-28-14(9-34-21)17(30)24-8-11(2)25-12/h3,9-10,13,16H,4-8,22-23H2,1-2H3,(H,24,30)(H,26,31)(H,29,32)/b12-3-,25-11?. The van der Waals surface area contributed by atoms with Crippen LogP contribution in [0.5, 0.6) is 0 Å². The fourth-order valence-electron chi connectivity index (χ4n) is 3.14. The van der Waals surface area contributed by atoms with Crippen molar-refractivity contribution in [3.8, 4) is 0 Å². The normalized spacial score (nSPS) is 21.2. The Labute approximate surface area is 195 Å². The molecule has 0 spiro atoms. The zero-order valence-corrected chi connectivity index (χ0v) is 19.0. The summed E-state index contributed by atoms with van der Waals surface area (Å²) in [6.45, 7) is 3.91. The number of amides is 3. The van der Waals surface area contributed by atoms with Crippen molar-refractivity contribution in [2.75, 3.05) is 13.1 Å². The number of allylic oxidation sites excluding steroid dienone is 1. The number of unbranched alkanes of at least 4 members (excludes halogenated alkanes) is 1. The highest BCUT2D eigenvalue weighted by Crippen LogP contribution is 2.20. The highest BCUT2D eigenvalue weighted by molar-refractivity contribution is 5.99. The Balaban J connectivity index is 1.95. The van der Waals surface area contributed by atoms with Gasteiger partial charge in [-0.05, 0) is 39.7 Å². The molecule has 0 radical (unpaired) electrons. The molecular weight excluding hydrogens is 444 g/mol. The predicted octanol–water partition coefficient (Wildman–Crippen LogP) is 0.444. The summed E-state index contributed by atoms with van der Waals surface area (Å²) in [5, 5.41) is 7.98. The Morgan fingerprint density at radius 3 is 2.41 bits per heavy atom. The molecule has 1 aliphatic rings. The number of fused-ring (bicyclic) bond motifs is 4. The van der Waals surface area contributed by atoms with Crippen LogP contribution in [0.2, 0.25) is 0 Å². The van der Waals surface area contributed by atoms with Crippen molar-refractivity contribution in [3.05, 3.63) is 47.5 Å². The second-order valence-corrected chi connectivity index (χ2v) is 7.61. The zero-order valence-electron chi connectivity index (χ0n) is 19.0. The molecule has 0 fully saturated rings. The van der Waals surface area contributed by atoms with E-state index in [4.69, 9.17) is 20.3 Å². The van der Waals surface area contributed by atoms with Crippen molar-refractivity contribution < 1.29 is 23.2 Å². The number of carbonyl (C=O) groups is 3. The van der Waals surface area contributed by atoms with Crippen LogP contribution < -0.4 is 27.4 Å².